The Balaban J connectivity index is 1.86. The molecule has 170 valence electrons. The number of fused-ring (bicyclic) bond motifs is 1. The van der Waals surface area contributed by atoms with Crippen molar-refractivity contribution in [3.05, 3.63) is 46.1 Å². The fourth-order valence-corrected chi connectivity index (χ4v) is 3.74. The number of benzene rings is 2. The van der Waals surface area contributed by atoms with E-state index in [4.69, 9.17) is 9.15 Å². The van der Waals surface area contributed by atoms with E-state index in [1.54, 1.807) is 0 Å². The van der Waals surface area contributed by atoms with Crippen LogP contribution in [0.2, 0.25) is 0 Å². The van der Waals surface area contributed by atoms with Crippen LogP contribution in [0.5, 0.6) is 23.0 Å². The van der Waals surface area contributed by atoms with Crippen LogP contribution in [0.15, 0.2) is 39.5 Å². The van der Waals surface area contributed by atoms with Crippen LogP contribution < -0.4 is 5.43 Å². The first-order valence-electron chi connectivity index (χ1n) is 9.49. The molecule has 1 aliphatic heterocycles. The Morgan fingerprint density at radius 1 is 0.844 bits per heavy atom. The first kappa shape index (κ1) is 21.9. The number of phenolic OH excluding ortho intramolecular Hbond substituents is 4. The van der Waals surface area contributed by atoms with Crippen molar-refractivity contribution in [1.82, 2.24) is 0 Å². The predicted molar refractivity (Wildman–Crippen MR) is 107 cm³/mol. The van der Waals surface area contributed by atoms with Gasteiger partial charge in [0.1, 0.15) is 58.7 Å². The molecule has 2 unspecified atom stereocenters. The van der Waals surface area contributed by atoms with Crippen LogP contribution in [0, 0.1) is 0 Å². The molecule has 0 amide bonds. The smallest absolute Gasteiger partial charge is 0.197 e. The fourth-order valence-electron chi connectivity index (χ4n) is 3.74. The lowest BCUT2D eigenvalue weighted by molar-refractivity contribution is -0.232. The second-order valence-corrected chi connectivity index (χ2v) is 7.46. The number of hydrogen-bond acceptors (Lipinski definition) is 11. The lowest BCUT2D eigenvalue weighted by Crippen LogP contribution is -2.55. The van der Waals surface area contributed by atoms with Crippen LogP contribution in [0.25, 0.3) is 22.3 Å². The summed E-state index contributed by atoms with van der Waals surface area (Å²) in [5, 5.41) is 79.6. The van der Waals surface area contributed by atoms with E-state index >= 15 is 0 Å². The molecule has 11 heteroatoms. The van der Waals surface area contributed by atoms with Gasteiger partial charge in [-0.25, -0.2) is 0 Å². The lowest BCUT2D eigenvalue weighted by Gasteiger charge is -2.40. The zero-order chi connectivity index (χ0) is 23.3. The molecule has 3 aromatic rings. The minimum atomic E-state index is -1.80. The first-order chi connectivity index (χ1) is 15.1. The maximum atomic E-state index is 12.8. The highest BCUT2D eigenvalue weighted by molar-refractivity contribution is 5.88. The van der Waals surface area contributed by atoms with E-state index in [0.29, 0.717) is 0 Å². The molecule has 32 heavy (non-hydrogen) atoms. The Morgan fingerprint density at radius 3 is 2.22 bits per heavy atom. The van der Waals surface area contributed by atoms with Gasteiger partial charge in [0.05, 0.1) is 12.2 Å². The molecule has 11 nitrogen and oxygen atoms in total. The van der Waals surface area contributed by atoms with Gasteiger partial charge in [-0.3, -0.25) is 4.79 Å². The van der Waals surface area contributed by atoms with Gasteiger partial charge in [-0.05, 0) is 18.2 Å². The molecule has 0 bridgehead atoms. The first-order valence-corrected chi connectivity index (χ1v) is 9.49. The van der Waals surface area contributed by atoms with Gasteiger partial charge in [-0.1, -0.05) is 0 Å². The summed E-state index contributed by atoms with van der Waals surface area (Å²) in [4.78, 5) is 12.8. The van der Waals surface area contributed by atoms with Crippen LogP contribution in [0.4, 0.5) is 0 Å². The molecule has 0 radical (unpaired) electrons. The number of aromatic hydroxyl groups is 4. The molecule has 8 N–H and O–H groups in total. The highest BCUT2D eigenvalue weighted by Crippen LogP contribution is 2.44. The summed E-state index contributed by atoms with van der Waals surface area (Å²) in [5.74, 6) is -2.28. The normalized spacial score (nSPS) is 25.8. The van der Waals surface area contributed by atoms with Gasteiger partial charge in [-0.15, -0.1) is 0 Å². The summed E-state index contributed by atoms with van der Waals surface area (Å²) in [5.41, 5.74) is -1.17. The van der Waals surface area contributed by atoms with Gasteiger partial charge >= 0.3 is 0 Å². The number of phenols is 4. The molecule has 1 saturated heterocycles. The number of aliphatic hydroxyl groups is 4. The Kier molecular flexibility index (Phi) is 5.44. The van der Waals surface area contributed by atoms with E-state index in [-0.39, 0.29) is 28.0 Å². The monoisotopic (exact) mass is 448 g/mol. The molecular formula is C21H20O11. The number of aliphatic hydroxyl groups excluding tert-OH is 4. The average Bonchev–Trinajstić information content (AvgIpc) is 2.74. The Bertz CT molecular complexity index is 1230. The maximum Gasteiger partial charge on any atom is 0.197 e. The molecule has 5 atom stereocenters. The van der Waals surface area contributed by atoms with E-state index in [9.17, 15) is 45.6 Å². The van der Waals surface area contributed by atoms with Crippen LogP contribution >= 0.6 is 0 Å². The molecule has 4 rings (SSSR count). The molecule has 2 heterocycles. The second kappa shape index (κ2) is 7.97. The predicted octanol–water partition coefficient (Wildman–Crippen LogP) is -0.203. The van der Waals surface area contributed by atoms with Crippen LogP contribution in [0.3, 0.4) is 0 Å². The van der Waals surface area contributed by atoms with E-state index in [0.717, 1.165) is 18.2 Å². The van der Waals surface area contributed by atoms with E-state index in [1.807, 2.05) is 0 Å². The Labute approximate surface area is 179 Å². The van der Waals surface area contributed by atoms with Gasteiger partial charge < -0.3 is 50.0 Å². The molecule has 2 aromatic carbocycles. The van der Waals surface area contributed by atoms with E-state index in [2.05, 4.69) is 0 Å². The van der Waals surface area contributed by atoms with Crippen molar-refractivity contribution >= 4 is 11.0 Å². The fraction of sp³-hybridized carbons (Fsp3) is 0.286. The van der Waals surface area contributed by atoms with Crippen molar-refractivity contribution < 1.29 is 50.0 Å². The van der Waals surface area contributed by atoms with Crippen molar-refractivity contribution in [3.63, 3.8) is 0 Å². The van der Waals surface area contributed by atoms with Gasteiger partial charge in [0, 0.05) is 17.7 Å². The SMILES string of the molecule is O=c1cc(-c2ccc(O)c(O)c2)oc2cc(O)c([C@@H]3OC(CO)[C@@H](O)[C@@H](O)C3O)c(O)c12. The summed E-state index contributed by atoms with van der Waals surface area (Å²) in [7, 11) is 0. The second-order valence-electron chi connectivity index (χ2n) is 7.46. The summed E-state index contributed by atoms with van der Waals surface area (Å²) in [6.45, 7) is -0.721. The Morgan fingerprint density at radius 2 is 1.56 bits per heavy atom. The number of ether oxygens (including phenoxy) is 1. The van der Waals surface area contributed by atoms with Crippen LogP contribution in [0.1, 0.15) is 11.7 Å². The summed E-state index contributed by atoms with van der Waals surface area (Å²) in [6, 6.07) is 5.73. The van der Waals surface area contributed by atoms with Gasteiger partial charge in [0.15, 0.2) is 16.9 Å². The highest BCUT2D eigenvalue weighted by atomic mass is 16.5. The lowest BCUT2D eigenvalue weighted by atomic mass is 9.89. The molecular weight excluding hydrogens is 428 g/mol. The third-order valence-corrected chi connectivity index (χ3v) is 5.45. The zero-order valence-electron chi connectivity index (χ0n) is 16.3. The minimum absolute atomic E-state index is 0.0304. The Hall–Kier alpha value is -3.35. The third kappa shape index (κ3) is 3.42. The van der Waals surface area contributed by atoms with Gasteiger partial charge in [0.2, 0.25) is 0 Å². The summed E-state index contributed by atoms with van der Waals surface area (Å²) >= 11 is 0. The minimum Gasteiger partial charge on any atom is -0.507 e. The number of hydrogen-bond donors (Lipinski definition) is 8. The van der Waals surface area contributed by atoms with Crippen molar-refractivity contribution in [2.45, 2.75) is 30.5 Å². The van der Waals surface area contributed by atoms with Crippen molar-refractivity contribution in [2.24, 2.45) is 0 Å². The van der Waals surface area contributed by atoms with Crippen molar-refractivity contribution in [1.29, 1.82) is 0 Å². The summed E-state index contributed by atoms with van der Waals surface area (Å²) < 4.78 is 11.0. The molecule has 1 fully saturated rings. The van der Waals surface area contributed by atoms with Gasteiger partial charge in [-0.2, -0.15) is 0 Å². The average molecular weight is 448 g/mol. The molecule has 1 aromatic heterocycles. The quantitative estimate of drug-likeness (QED) is 0.247. The van der Waals surface area contributed by atoms with Crippen LogP contribution in [-0.2, 0) is 4.74 Å². The highest BCUT2D eigenvalue weighted by Gasteiger charge is 2.46. The standard InChI is InChI=1S/C21H20O11/c22-6-14-17(27)19(29)20(30)21(32-14)16-11(26)5-13-15(18(16)28)10(25)4-12(31-13)7-1-2-8(23)9(24)3-7/h1-5,14,17,19-24,26-30H,6H2/t14?,17-,19-,20?,21+/m1/s1. The molecule has 1 aliphatic rings. The largest absolute Gasteiger partial charge is 0.507 e. The van der Waals surface area contributed by atoms with Crippen molar-refractivity contribution in [3.8, 4) is 34.3 Å². The molecule has 0 saturated carbocycles. The van der Waals surface area contributed by atoms with Gasteiger partial charge in [0.25, 0.3) is 0 Å². The molecule has 0 aliphatic carbocycles. The summed E-state index contributed by atoms with van der Waals surface area (Å²) in [6.07, 6.45) is -8.09. The zero-order valence-corrected chi connectivity index (χ0v) is 16.3. The number of rotatable bonds is 3. The topological polar surface area (TPSA) is 201 Å². The van der Waals surface area contributed by atoms with E-state index in [1.165, 1.54) is 12.1 Å². The van der Waals surface area contributed by atoms with Crippen LogP contribution in [-0.4, -0.2) is 71.9 Å². The van der Waals surface area contributed by atoms with Crippen molar-refractivity contribution in [2.75, 3.05) is 6.61 Å². The third-order valence-electron chi connectivity index (χ3n) is 5.45. The van der Waals surface area contributed by atoms with E-state index < -0.39 is 65.4 Å². The maximum absolute atomic E-state index is 12.8. The molecule has 0 spiro atoms.